The van der Waals surface area contributed by atoms with E-state index in [2.05, 4.69) is 10.6 Å². The number of benzene rings is 2. The van der Waals surface area contributed by atoms with E-state index in [0.717, 1.165) is 11.3 Å². The summed E-state index contributed by atoms with van der Waals surface area (Å²) in [5.74, 6) is -0.405. The molecule has 0 saturated heterocycles. The Balaban J connectivity index is 1.76. The van der Waals surface area contributed by atoms with E-state index in [4.69, 9.17) is 0 Å². The highest BCUT2D eigenvalue weighted by atomic mass is 16.2. The molecule has 1 aliphatic rings. The molecule has 0 fully saturated rings. The zero-order valence-electron chi connectivity index (χ0n) is 10.8. The maximum atomic E-state index is 12.1. The van der Waals surface area contributed by atoms with Crippen molar-refractivity contribution in [2.75, 3.05) is 5.32 Å². The second-order valence-electron chi connectivity index (χ2n) is 4.74. The second kappa shape index (κ2) is 5.17. The van der Waals surface area contributed by atoms with Gasteiger partial charge in [-0.2, -0.15) is 0 Å². The third kappa shape index (κ3) is 2.40. The average molecular weight is 266 g/mol. The first-order valence-electron chi connectivity index (χ1n) is 6.49. The zero-order chi connectivity index (χ0) is 13.9. The van der Waals surface area contributed by atoms with Crippen LogP contribution in [0.3, 0.4) is 0 Å². The number of amides is 2. The smallest absolute Gasteiger partial charge is 0.251 e. The molecule has 0 aromatic heterocycles. The maximum absolute atomic E-state index is 12.1. The summed E-state index contributed by atoms with van der Waals surface area (Å²) < 4.78 is 0. The second-order valence-corrected chi connectivity index (χ2v) is 4.74. The summed E-state index contributed by atoms with van der Waals surface area (Å²) in [5, 5.41) is 5.59. The van der Waals surface area contributed by atoms with Crippen molar-refractivity contribution in [3.8, 4) is 0 Å². The van der Waals surface area contributed by atoms with Crippen LogP contribution >= 0.6 is 0 Å². The molecular weight excluding hydrogens is 252 g/mol. The quantitative estimate of drug-likeness (QED) is 0.873. The van der Waals surface area contributed by atoms with Crippen molar-refractivity contribution in [2.24, 2.45) is 0 Å². The van der Waals surface area contributed by atoms with Crippen molar-refractivity contribution in [2.45, 2.75) is 12.5 Å². The molecule has 2 aromatic carbocycles. The van der Waals surface area contributed by atoms with Crippen molar-refractivity contribution in [1.82, 2.24) is 5.32 Å². The van der Waals surface area contributed by atoms with E-state index in [1.807, 2.05) is 30.3 Å². The summed E-state index contributed by atoms with van der Waals surface area (Å²) in [7, 11) is 0. The van der Waals surface area contributed by atoms with Gasteiger partial charge in [-0.25, -0.2) is 0 Å². The Morgan fingerprint density at radius 1 is 1.05 bits per heavy atom. The highest BCUT2D eigenvalue weighted by Crippen LogP contribution is 2.21. The van der Waals surface area contributed by atoms with Crippen LogP contribution in [0.5, 0.6) is 0 Å². The number of nitrogens with one attached hydrogen (secondary N) is 2. The Bertz CT molecular complexity index is 653. The molecule has 100 valence electrons. The molecule has 2 aromatic rings. The van der Waals surface area contributed by atoms with Gasteiger partial charge in [0.2, 0.25) is 5.91 Å². The lowest BCUT2D eigenvalue weighted by Gasteiger charge is -2.25. The first kappa shape index (κ1) is 12.4. The van der Waals surface area contributed by atoms with E-state index < -0.39 is 6.04 Å². The fourth-order valence-corrected chi connectivity index (χ4v) is 2.30. The maximum Gasteiger partial charge on any atom is 0.251 e. The fourth-order valence-electron chi connectivity index (χ4n) is 2.30. The third-order valence-electron chi connectivity index (χ3n) is 3.36. The Morgan fingerprint density at radius 3 is 2.55 bits per heavy atom. The number of hydrogen-bond acceptors (Lipinski definition) is 2. The van der Waals surface area contributed by atoms with Gasteiger partial charge in [0.15, 0.2) is 0 Å². The van der Waals surface area contributed by atoms with Crippen molar-refractivity contribution in [1.29, 1.82) is 0 Å². The highest BCUT2D eigenvalue weighted by molar-refractivity contribution is 6.02. The Kier molecular flexibility index (Phi) is 3.21. The first-order chi connectivity index (χ1) is 9.74. The van der Waals surface area contributed by atoms with Crippen LogP contribution in [0, 0.1) is 0 Å². The zero-order valence-corrected chi connectivity index (χ0v) is 10.8. The summed E-state index contributed by atoms with van der Waals surface area (Å²) in [5.41, 5.74) is 2.41. The van der Waals surface area contributed by atoms with Gasteiger partial charge in [-0.15, -0.1) is 0 Å². The van der Waals surface area contributed by atoms with Crippen LogP contribution in [0.4, 0.5) is 5.69 Å². The van der Waals surface area contributed by atoms with Crippen LogP contribution in [0.15, 0.2) is 54.6 Å². The largest absolute Gasteiger partial charge is 0.340 e. The molecule has 0 saturated carbocycles. The van der Waals surface area contributed by atoms with Crippen molar-refractivity contribution < 1.29 is 9.59 Å². The summed E-state index contributed by atoms with van der Waals surface area (Å²) >= 11 is 0. The van der Waals surface area contributed by atoms with Gasteiger partial charge < -0.3 is 10.6 Å². The molecule has 2 amide bonds. The lowest BCUT2D eigenvalue weighted by Crippen LogP contribution is -2.47. The average Bonchev–Trinajstić information content (AvgIpc) is 2.49. The lowest BCUT2D eigenvalue weighted by molar-refractivity contribution is -0.118. The number of anilines is 1. The molecule has 0 radical (unpaired) electrons. The summed E-state index contributed by atoms with van der Waals surface area (Å²) in [6.45, 7) is 0. The Hall–Kier alpha value is -2.62. The van der Waals surface area contributed by atoms with E-state index in [1.54, 1.807) is 24.3 Å². The minimum Gasteiger partial charge on any atom is -0.340 e. The topological polar surface area (TPSA) is 58.2 Å². The minimum atomic E-state index is -0.530. The molecular formula is C16H14N2O2. The molecule has 1 heterocycles. The third-order valence-corrected chi connectivity index (χ3v) is 3.36. The van der Waals surface area contributed by atoms with Gasteiger partial charge in [0.1, 0.15) is 6.04 Å². The highest BCUT2D eigenvalue weighted by Gasteiger charge is 2.27. The molecule has 1 atom stereocenters. The van der Waals surface area contributed by atoms with Crippen LogP contribution in [-0.4, -0.2) is 17.9 Å². The number of hydrogen-bond donors (Lipinski definition) is 2. The van der Waals surface area contributed by atoms with Crippen LogP contribution in [0.2, 0.25) is 0 Å². The predicted octanol–water partition coefficient (Wildman–Crippen LogP) is 1.98. The number of fused-ring (bicyclic) bond motifs is 1. The van der Waals surface area contributed by atoms with E-state index in [1.165, 1.54) is 0 Å². The Labute approximate surface area is 116 Å². The van der Waals surface area contributed by atoms with Crippen LogP contribution in [-0.2, 0) is 11.2 Å². The van der Waals surface area contributed by atoms with Gasteiger partial charge in [0, 0.05) is 17.7 Å². The first-order valence-corrected chi connectivity index (χ1v) is 6.49. The number of carbonyl (C=O) groups excluding carboxylic acids is 2. The molecule has 2 N–H and O–H groups in total. The minimum absolute atomic E-state index is 0.173. The van der Waals surface area contributed by atoms with E-state index >= 15 is 0 Å². The van der Waals surface area contributed by atoms with Gasteiger partial charge >= 0.3 is 0 Å². The molecule has 20 heavy (non-hydrogen) atoms. The Morgan fingerprint density at radius 2 is 1.75 bits per heavy atom. The standard InChI is InChI=1S/C16H14N2O2/c19-15(11-6-2-1-3-7-11)18-14-10-12-8-4-5-9-13(12)17-16(14)20/h1-9,14H,10H2,(H,17,20)(H,18,19). The van der Waals surface area contributed by atoms with E-state index in [0.29, 0.717) is 12.0 Å². The summed E-state index contributed by atoms with van der Waals surface area (Å²) in [6, 6.07) is 16.0. The molecule has 0 bridgehead atoms. The van der Waals surface area contributed by atoms with Gasteiger partial charge in [-0.3, -0.25) is 9.59 Å². The van der Waals surface area contributed by atoms with Gasteiger partial charge in [-0.05, 0) is 23.8 Å². The predicted molar refractivity (Wildman–Crippen MR) is 76.5 cm³/mol. The SMILES string of the molecule is O=C(NC1Cc2ccccc2NC1=O)c1ccccc1. The summed E-state index contributed by atoms with van der Waals surface area (Å²) in [4.78, 5) is 24.1. The van der Waals surface area contributed by atoms with Gasteiger partial charge in [0.05, 0.1) is 0 Å². The van der Waals surface area contributed by atoms with E-state index in [-0.39, 0.29) is 11.8 Å². The van der Waals surface area contributed by atoms with Crippen LogP contribution < -0.4 is 10.6 Å². The fraction of sp³-hybridized carbons (Fsp3) is 0.125. The number of carbonyl (C=O) groups is 2. The molecule has 4 heteroatoms. The van der Waals surface area contributed by atoms with Crippen molar-refractivity contribution >= 4 is 17.5 Å². The molecule has 0 spiro atoms. The number of rotatable bonds is 2. The summed E-state index contributed by atoms with van der Waals surface area (Å²) in [6.07, 6.45) is 0.514. The molecule has 1 aliphatic heterocycles. The lowest BCUT2D eigenvalue weighted by atomic mass is 9.99. The molecule has 3 rings (SSSR count). The van der Waals surface area contributed by atoms with Crippen molar-refractivity contribution in [3.05, 3.63) is 65.7 Å². The van der Waals surface area contributed by atoms with Gasteiger partial charge in [-0.1, -0.05) is 36.4 Å². The van der Waals surface area contributed by atoms with Gasteiger partial charge in [0.25, 0.3) is 5.91 Å². The van der Waals surface area contributed by atoms with Crippen molar-refractivity contribution in [3.63, 3.8) is 0 Å². The van der Waals surface area contributed by atoms with Crippen LogP contribution in [0.25, 0.3) is 0 Å². The number of para-hydroxylation sites is 1. The molecule has 1 unspecified atom stereocenters. The molecule has 0 aliphatic carbocycles. The van der Waals surface area contributed by atoms with Crippen LogP contribution in [0.1, 0.15) is 15.9 Å². The van der Waals surface area contributed by atoms with E-state index in [9.17, 15) is 9.59 Å². The molecule has 4 nitrogen and oxygen atoms in total. The monoisotopic (exact) mass is 266 g/mol. The normalized spacial score (nSPS) is 17.0.